The number of rotatable bonds is 7. The highest BCUT2D eigenvalue weighted by Gasteiger charge is 2.42. The van der Waals surface area contributed by atoms with E-state index in [0.29, 0.717) is 12.0 Å². The fraction of sp³-hybridized carbons (Fsp3) is 0.667. The minimum absolute atomic E-state index is 0.0778. The van der Waals surface area contributed by atoms with E-state index in [2.05, 4.69) is 45.2 Å². The third-order valence-corrected chi connectivity index (χ3v) is 8.16. The van der Waals surface area contributed by atoms with Crippen LogP contribution < -0.4 is 5.32 Å². The Kier molecular flexibility index (Phi) is 7.14. The van der Waals surface area contributed by atoms with Crippen molar-refractivity contribution in [1.29, 1.82) is 0 Å². The van der Waals surface area contributed by atoms with Gasteiger partial charge in [0.15, 0.2) is 0 Å². The minimum atomic E-state index is 0.0778. The van der Waals surface area contributed by atoms with Gasteiger partial charge in [-0.2, -0.15) is 0 Å². The van der Waals surface area contributed by atoms with E-state index in [1.807, 2.05) is 18.7 Å². The van der Waals surface area contributed by atoms with Gasteiger partial charge in [0.2, 0.25) is 0 Å². The molecule has 3 aliphatic rings. The number of H-pyrrole nitrogens is 1. The zero-order valence-corrected chi connectivity index (χ0v) is 21.1. The van der Waals surface area contributed by atoms with E-state index < -0.39 is 0 Å². The summed E-state index contributed by atoms with van der Waals surface area (Å²) < 4.78 is 5.57. The molecule has 3 atom stereocenters. The van der Waals surface area contributed by atoms with Gasteiger partial charge in [0.25, 0.3) is 0 Å². The van der Waals surface area contributed by atoms with Gasteiger partial charge in [0.05, 0.1) is 13.2 Å². The summed E-state index contributed by atoms with van der Waals surface area (Å²) in [6.45, 7) is 14.5. The predicted molar refractivity (Wildman–Crippen MR) is 136 cm³/mol. The van der Waals surface area contributed by atoms with Gasteiger partial charge < -0.3 is 19.9 Å². The van der Waals surface area contributed by atoms with Crippen LogP contribution in [0.5, 0.6) is 0 Å². The molecule has 7 heteroatoms. The van der Waals surface area contributed by atoms with Crippen LogP contribution in [0.2, 0.25) is 0 Å². The Bertz CT molecular complexity index is 994. The quantitative estimate of drug-likeness (QED) is 0.654. The van der Waals surface area contributed by atoms with Gasteiger partial charge >= 0.3 is 6.03 Å². The molecule has 2 saturated heterocycles. The second-order valence-electron chi connectivity index (χ2n) is 10.2. The Morgan fingerprint density at radius 3 is 2.74 bits per heavy atom. The average Bonchev–Trinajstić information content (AvgIpc) is 3.19. The molecular weight excluding hydrogens is 426 g/mol. The predicted octanol–water partition coefficient (Wildman–Crippen LogP) is 3.54. The van der Waals surface area contributed by atoms with Gasteiger partial charge in [-0.05, 0) is 56.8 Å². The Morgan fingerprint density at radius 2 is 2.00 bits per heavy atom. The van der Waals surface area contributed by atoms with E-state index in [-0.39, 0.29) is 12.1 Å². The van der Waals surface area contributed by atoms with Crippen LogP contribution in [0.25, 0.3) is 10.9 Å². The van der Waals surface area contributed by atoms with Crippen molar-refractivity contribution in [3.63, 3.8) is 0 Å². The van der Waals surface area contributed by atoms with Crippen LogP contribution in [0.3, 0.4) is 0 Å². The van der Waals surface area contributed by atoms with E-state index in [4.69, 9.17) is 4.74 Å². The Labute approximate surface area is 203 Å². The number of urea groups is 1. The van der Waals surface area contributed by atoms with Gasteiger partial charge in [-0.25, -0.2) is 4.79 Å². The van der Waals surface area contributed by atoms with Gasteiger partial charge in [-0.1, -0.05) is 19.1 Å². The molecule has 34 heavy (non-hydrogen) atoms. The summed E-state index contributed by atoms with van der Waals surface area (Å²) in [4.78, 5) is 23.7. The molecule has 2 aromatic rings. The fourth-order valence-electron chi connectivity index (χ4n) is 6.50. The molecule has 3 heterocycles. The van der Waals surface area contributed by atoms with Crippen molar-refractivity contribution >= 4 is 16.9 Å². The zero-order chi connectivity index (χ0) is 23.7. The molecule has 186 valence electrons. The topological polar surface area (TPSA) is 63.8 Å². The number of amides is 2. The summed E-state index contributed by atoms with van der Waals surface area (Å²) in [7, 11) is 0. The summed E-state index contributed by atoms with van der Waals surface area (Å²) in [6, 6.07) is 7.55. The highest BCUT2D eigenvalue weighted by Crippen LogP contribution is 2.44. The van der Waals surface area contributed by atoms with Crippen molar-refractivity contribution < 1.29 is 9.53 Å². The van der Waals surface area contributed by atoms with Crippen molar-refractivity contribution in [2.24, 2.45) is 0 Å². The lowest BCUT2D eigenvalue weighted by molar-refractivity contribution is 0.0335. The number of piperidine rings is 1. The Balaban J connectivity index is 1.45. The summed E-state index contributed by atoms with van der Waals surface area (Å²) >= 11 is 0. The van der Waals surface area contributed by atoms with E-state index >= 15 is 0 Å². The maximum Gasteiger partial charge on any atom is 0.317 e. The molecule has 1 aliphatic carbocycles. The molecule has 2 N–H and O–H groups in total. The fourth-order valence-corrected chi connectivity index (χ4v) is 6.50. The Hall–Kier alpha value is -2.09. The number of morpholine rings is 1. The molecule has 1 aromatic carbocycles. The summed E-state index contributed by atoms with van der Waals surface area (Å²) in [6.07, 6.45) is 3.24. The summed E-state index contributed by atoms with van der Waals surface area (Å²) in [5.74, 6) is 0.450. The number of carbonyl (C=O) groups excluding carboxylic acids is 1. The van der Waals surface area contributed by atoms with Gasteiger partial charge in [-0.15, -0.1) is 0 Å². The molecular formula is C27H41N5O2. The number of aromatic amines is 1. The van der Waals surface area contributed by atoms with Crippen LogP contribution in [0.4, 0.5) is 4.79 Å². The SMILES string of the molecule is CCCN1C[C@@H](NC(=O)N(CC)CC)C[C@@H]2c3cccc4[nH]c(CN5CCOCC5)c(c34)C[C@H]21. The number of aromatic nitrogens is 1. The second kappa shape index (κ2) is 10.3. The number of hydrogen-bond acceptors (Lipinski definition) is 4. The van der Waals surface area contributed by atoms with Crippen molar-refractivity contribution in [2.45, 2.75) is 64.6 Å². The first-order chi connectivity index (χ1) is 16.6. The third kappa shape index (κ3) is 4.45. The van der Waals surface area contributed by atoms with Crippen molar-refractivity contribution in [3.05, 3.63) is 35.0 Å². The van der Waals surface area contributed by atoms with Gasteiger partial charge in [0, 0.05) is 73.9 Å². The molecule has 5 rings (SSSR count). The lowest BCUT2D eigenvalue weighted by atomic mass is 9.73. The normalized spacial score (nSPS) is 25.3. The van der Waals surface area contributed by atoms with Gasteiger partial charge in [-0.3, -0.25) is 9.80 Å². The van der Waals surface area contributed by atoms with E-state index in [9.17, 15) is 4.79 Å². The highest BCUT2D eigenvalue weighted by atomic mass is 16.5. The van der Waals surface area contributed by atoms with Crippen LogP contribution in [0, 0.1) is 0 Å². The average molecular weight is 468 g/mol. The van der Waals surface area contributed by atoms with Crippen molar-refractivity contribution in [1.82, 2.24) is 25.0 Å². The number of carbonyl (C=O) groups is 1. The third-order valence-electron chi connectivity index (χ3n) is 8.16. The molecule has 2 amide bonds. The smallest absolute Gasteiger partial charge is 0.317 e. The summed E-state index contributed by atoms with van der Waals surface area (Å²) in [5, 5.41) is 4.82. The van der Waals surface area contributed by atoms with Crippen LogP contribution in [-0.2, 0) is 17.7 Å². The number of fused-ring (bicyclic) bond motifs is 2. The number of nitrogens with one attached hydrogen (secondary N) is 2. The number of hydrogen-bond donors (Lipinski definition) is 2. The van der Waals surface area contributed by atoms with Crippen LogP contribution in [0.15, 0.2) is 18.2 Å². The standard InChI is InChI=1S/C27H41N5O2/c1-4-10-32-17-19(28-27(33)31(5-2)6-3)15-21-20-8-7-9-23-26(20)22(16-25(21)32)24(29-23)18-30-11-13-34-14-12-30/h7-9,19,21,25,29H,4-6,10-18H2,1-3H3,(H,28,33)/t19-,21+,25+/m0/s1. The summed E-state index contributed by atoms with van der Waals surface area (Å²) in [5.41, 5.74) is 5.64. The first kappa shape index (κ1) is 23.6. The van der Waals surface area contributed by atoms with Crippen molar-refractivity contribution in [2.75, 3.05) is 52.5 Å². The molecule has 0 saturated carbocycles. The highest BCUT2D eigenvalue weighted by molar-refractivity contribution is 5.89. The molecule has 0 spiro atoms. The van der Waals surface area contributed by atoms with Crippen LogP contribution in [0.1, 0.15) is 56.4 Å². The van der Waals surface area contributed by atoms with E-state index in [0.717, 1.165) is 78.3 Å². The zero-order valence-electron chi connectivity index (χ0n) is 21.1. The number of ether oxygens (including phenoxy) is 1. The molecule has 2 fully saturated rings. The molecule has 0 radical (unpaired) electrons. The molecule has 1 aromatic heterocycles. The lowest BCUT2D eigenvalue weighted by Crippen LogP contribution is -2.58. The number of nitrogens with zero attached hydrogens (tertiary/aromatic N) is 3. The van der Waals surface area contributed by atoms with E-state index in [1.165, 1.54) is 27.7 Å². The first-order valence-corrected chi connectivity index (χ1v) is 13.3. The maximum absolute atomic E-state index is 12.9. The first-order valence-electron chi connectivity index (χ1n) is 13.3. The van der Waals surface area contributed by atoms with Crippen molar-refractivity contribution in [3.8, 4) is 0 Å². The molecule has 0 unspecified atom stereocenters. The second-order valence-corrected chi connectivity index (χ2v) is 10.2. The monoisotopic (exact) mass is 467 g/mol. The number of likely N-dealkylation sites (tertiary alicyclic amines) is 1. The maximum atomic E-state index is 12.9. The van der Waals surface area contributed by atoms with Crippen LogP contribution in [-0.4, -0.2) is 90.3 Å². The largest absolute Gasteiger partial charge is 0.379 e. The molecule has 7 nitrogen and oxygen atoms in total. The Morgan fingerprint density at radius 1 is 1.21 bits per heavy atom. The minimum Gasteiger partial charge on any atom is -0.379 e. The van der Waals surface area contributed by atoms with Gasteiger partial charge in [0.1, 0.15) is 0 Å². The molecule has 2 aliphatic heterocycles. The number of benzene rings is 1. The van der Waals surface area contributed by atoms with E-state index in [1.54, 1.807) is 0 Å². The van der Waals surface area contributed by atoms with Crippen LogP contribution >= 0.6 is 0 Å². The lowest BCUT2D eigenvalue weighted by Gasteiger charge is -2.47. The molecule has 0 bridgehead atoms.